The summed E-state index contributed by atoms with van der Waals surface area (Å²) in [4.78, 5) is 26.4. The zero-order chi connectivity index (χ0) is 23.0. The zero-order valence-electron chi connectivity index (χ0n) is 17.8. The Kier molecular flexibility index (Phi) is 5.75. The fourth-order valence-electron chi connectivity index (χ4n) is 4.01. The molecule has 1 aliphatic rings. The number of amides is 1. The number of carbonyl (C=O) groups excluding carboxylic acids is 1. The average molecular weight is 439 g/mol. The van der Waals surface area contributed by atoms with Crippen molar-refractivity contribution in [3.8, 4) is 16.8 Å². The molecule has 0 unspecified atom stereocenters. The summed E-state index contributed by atoms with van der Waals surface area (Å²) in [5.74, 6) is 0.0973. The highest BCUT2D eigenvalue weighted by atomic mass is 19.3. The maximum Gasteiger partial charge on any atom is 0.350 e. The number of nitrogens with two attached hydrogens (primary N) is 1. The second-order valence-corrected chi connectivity index (χ2v) is 7.76. The van der Waals surface area contributed by atoms with Crippen LogP contribution in [0.15, 0.2) is 59.2 Å². The molecule has 0 saturated heterocycles. The number of aromatic nitrogens is 3. The van der Waals surface area contributed by atoms with Crippen molar-refractivity contribution in [2.45, 2.75) is 26.3 Å². The summed E-state index contributed by atoms with van der Waals surface area (Å²) in [7, 11) is 1.77. The smallest absolute Gasteiger partial charge is 0.327 e. The fraction of sp³-hybridized carbons (Fsp3) is 0.261. The number of aryl methyl sites for hydroxylation is 1. The van der Waals surface area contributed by atoms with Crippen molar-refractivity contribution >= 4 is 11.6 Å². The van der Waals surface area contributed by atoms with Crippen molar-refractivity contribution in [1.29, 1.82) is 0 Å². The molecule has 9 heteroatoms. The molecule has 0 fully saturated rings. The van der Waals surface area contributed by atoms with E-state index >= 15 is 0 Å². The zero-order valence-corrected chi connectivity index (χ0v) is 17.8. The average Bonchev–Trinajstić information content (AvgIpc) is 3.14. The molecule has 166 valence electrons. The first-order valence-corrected chi connectivity index (χ1v) is 10.2. The minimum Gasteiger partial charge on any atom is -0.327 e. The Labute approximate surface area is 183 Å². The number of benzene rings is 2. The van der Waals surface area contributed by atoms with Crippen LogP contribution >= 0.6 is 0 Å². The number of nitrogens with zero attached hydrogens (tertiary/aromatic N) is 4. The van der Waals surface area contributed by atoms with Crippen molar-refractivity contribution in [2.75, 3.05) is 18.5 Å². The molecule has 0 aliphatic carbocycles. The largest absolute Gasteiger partial charge is 0.350 e. The molecule has 0 radical (unpaired) electrons. The Balaban J connectivity index is 1.73. The predicted molar refractivity (Wildman–Crippen MR) is 118 cm³/mol. The van der Waals surface area contributed by atoms with E-state index in [9.17, 15) is 18.4 Å². The van der Waals surface area contributed by atoms with E-state index in [1.54, 1.807) is 18.0 Å². The van der Waals surface area contributed by atoms with Gasteiger partial charge in [0.25, 0.3) is 6.08 Å². The molecule has 1 aliphatic heterocycles. The van der Waals surface area contributed by atoms with E-state index in [2.05, 4.69) is 11.2 Å². The number of rotatable bonds is 5. The van der Waals surface area contributed by atoms with Gasteiger partial charge >= 0.3 is 5.69 Å². The number of fused-ring (bicyclic) bond motifs is 1. The third kappa shape index (κ3) is 3.75. The van der Waals surface area contributed by atoms with Crippen molar-refractivity contribution in [3.63, 3.8) is 0 Å². The van der Waals surface area contributed by atoms with Gasteiger partial charge in [-0.2, -0.15) is 13.9 Å². The molecular weight excluding hydrogens is 416 g/mol. The first kappa shape index (κ1) is 21.6. The number of halogens is 2. The highest BCUT2D eigenvalue weighted by Gasteiger charge is 2.21. The van der Waals surface area contributed by atoms with Gasteiger partial charge in [-0.15, -0.1) is 0 Å². The number of carbonyl (C=O) groups is 1. The lowest BCUT2D eigenvalue weighted by Gasteiger charge is -2.26. The summed E-state index contributed by atoms with van der Waals surface area (Å²) in [6, 6.07) is 11.5. The van der Waals surface area contributed by atoms with Crippen LogP contribution in [0, 0.1) is 6.92 Å². The Morgan fingerprint density at radius 2 is 1.91 bits per heavy atom. The summed E-state index contributed by atoms with van der Waals surface area (Å²) in [5.41, 5.74) is 9.85. The minimum absolute atomic E-state index is 0.0973. The first-order valence-electron chi connectivity index (χ1n) is 10.2. The fourth-order valence-corrected chi connectivity index (χ4v) is 4.01. The van der Waals surface area contributed by atoms with E-state index in [0.717, 1.165) is 32.6 Å². The molecule has 0 atom stereocenters. The lowest BCUT2D eigenvalue weighted by atomic mass is 9.93. The number of hydrogen-bond acceptors (Lipinski definition) is 4. The lowest BCUT2D eigenvalue weighted by molar-refractivity contribution is -0.118. The van der Waals surface area contributed by atoms with Crippen LogP contribution in [0.2, 0.25) is 0 Å². The molecule has 32 heavy (non-hydrogen) atoms. The van der Waals surface area contributed by atoms with Crippen LogP contribution in [-0.2, 0) is 17.8 Å². The lowest BCUT2D eigenvalue weighted by Crippen LogP contribution is -2.31. The summed E-state index contributed by atoms with van der Waals surface area (Å²) in [5, 5.41) is 3.99. The van der Waals surface area contributed by atoms with Crippen LogP contribution in [0.5, 0.6) is 0 Å². The second kappa shape index (κ2) is 8.51. The van der Waals surface area contributed by atoms with Gasteiger partial charge in [0, 0.05) is 31.3 Å². The third-order valence-corrected chi connectivity index (χ3v) is 5.89. The molecule has 0 bridgehead atoms. The first-order chi connectivity index (χ1) is 15.3. The van der Waals surface area contributed by atoms with Gasteiger partial charge in [0.1, 0.15) is 6.33 Å². The topological polar surface area (TPSA) is 86.2 Å². The highest BCUT2D eigenvalue weighted by Crippen LogP contribution is 2.33. The maximum atomic E-state index is 12.9. The van der Waals surface area contributed by atoms with Crippen LogP contribution in [0.4, 0.5) is 14.5 Å². The van der Waals surface area contributed by atoms with E-state index in [1.165, 1.54) is 10.9 Å². The minimum atomic E-state index is -1.90. The summed E-state index contributed by atoms with van der Waals surface area (Å²) in [6.45, 7) is 1.19. The van der Waals surface area contributed by atoms with Crippen LogP contribution in [0.1, 0.15) is 17.5 Å². The van der Waals surface area contributed by atoms with Gasteiger partial charge < -0.3 is 10.6 Å². The maximum absolute atomic E-state index is 12.9. The van der Waals surface area contributed by atoms with E-state index < -0.39 is 11.8 Å². The normalized spacial score (nSPS) is 13.3. The van der Waals surface area contributed by atoms with Gasteiger partial charge in [-0.1, -0.05) is 18.2 Å². The van der Waals surface area contributed by atoms with E-state index in [-0.39, 0.29) is 24.6 Å². The van der Waals surface area contributed by atoms with Crippen molar-refractivity contribution < 1.29 is 13.6 Å². The molecule has 2 aromatic carbocycles. The number of hydrogen-bond donors (Lipinski definition) is 1. The molecule has 0 spiro atoms. The predicted octanol–water partition coefficient (Wildman–Crippen LogP) is 3.03. The van der Waals surface area contributed by atoms with Crippen LogP contribution in [0.3, 0.4) is 0 Å². The van der Waals surface area contributed by atoms with Crippen LogP contribution in [-0.4, -0.2) is 33.8 Å². The monoisotopic (exact) mass is 439 g/mol. The third-order valence-electron chi connectivity index (χ3n) is 5.89. The Morgan fingerprint density at radius 1 is 1.12 bits per heavy atom. The van der Waals surface area contributed by atoms with Crippen molar-refractivity contribution in [2.24, 2.45) is 5.73 Å². The molecule has 7 nitrogen and oxygen atoms in total. The summed E-state index contributed by atoms with van der Waals surface area (Å²) >= 11 is 0. The molecule has 3 aromatic rings. The molecule has 4 rings (SSSR count). The Hall–Kier alpha value is -3.59. The molecule has 1 amide bonds. The van der Waals surface area contributed by atoms with Gasteiger partial charge in [-0.05, 0) is 53.8 Å². The van der Waals surface area contributed by atoms with Crippen molar-refractivity contribution in [1.82, 2.24) is 14.3 Å². The molecule has 2 heterocycles. The molecule has 2 N–H and O–H groups in total. The molecule has 0 saturated carbocycles. The quantitative estimate of drug-likeness (QED) is 0.662. The van der Waals surface area contributed by atoms with Crippen LogP contribution in [0.25, 0.3) is 16.8 Å². The van der Waals surface area contributed by atoms with Gasteiger partial charge in [-0.3, -0.25) is 4.79 Å². The summed E-state index contributed by atoms with van der Waals surface area (Å²) in [6.07, 6.45) is 0.581. The van der Waals surface area contributed by atoms with Crippen LogP contribution < -0.4 is 16.3 Å². The standard InChI is InChI=1S/C23H23F2N5O2/c1-14-18(15-6-8-20-16(10-15)7-9-21(31)28(20)2)4-3-5-19(14)29-13-27-30(23(29)32)12-17(11-26)22(24)25/h3-6,8,10,13H,7,9,11-12,26H2,1-2H3. The SMILES string of the molecule is Cc1c(-c2ccc3c(c2)CCC(=O)N3C)cccc1-n1cnn(CC(CN)=C(F)F)c1=O. The molecule has 1 aromatic heterocycles. The van der Waals surface area contributed by atoms with E-state index in [0.29, 0.717) is 18.5 Å². The highest BCUT2D eigenvalue weighted by molar-refractivity contribution is 5.96. The second-order valence-electron chi connectivity index (χ2n) is 7.76. The van der Waals surface area contributed by atoms with Crippen molar-refractivity contribution in [3.05, 3.63) is 76.0 Å². The summed E-state index contributed by atoms with van der Waals surface area (Å²) < 4.78 is 28.2. The van der Waals surface area contributed by atoms with E-state index in [4.69, 9.17) is 5.73 Å². The van der Waals surface area contributed by atoms with Gasteiger partial charge in [0.15, 0.2) is 0 Å². The number of anilines is 1. The van der Waals surface area contributed by atoms with E-state index in [1.807, 2.05) is 31.2 Å². The Bertz CT molecular complexity index is 1290. The Morgan fingerprint density at radius 3 is 2.62 bits per heavy atom. The van der Waals surface area contributed by atoms with Gasteiger partial charge in [0.2, 0.25) is 5.91 Å². The van der Waals surface area contributed by atoms with Gasteiger partial charge in [-0.25, -0.2) is 14.0 Å². The van der Waals surface area contributed by atoms with Gasteiger partial charge in [0.05, 0.1) is 12.2 Å². The molecular formula is C23H23F2N5O2.